The molecule has 1 unspecified atom stereocenters. The summed E-state index contributed by atoms with van der Waals surface area (Å²) in [7, 11) is 1.55. The molecule has 0 saturated heterocycles. The minimum absolute atomic E-state index is 0.280. The first kappa shape index (κ1) is 15.1. The second kappa shape index (κ2) is 6.00. The number of hydrogen-bond donors (Lipinski definition) is 1. The maximum absolute atomic E-state index is 13.5. The molecule has 1 atom stereocenters. The Labute approximate surface area is 127 Å². The maximum atomic E-state index is 13.5. The Hall–Kier alpha value is -1.29. The van der Waals surface area contributed by atoms with Crippen LogP contribution in [0.5, 0.6) is 5.75 Å². The van der Waals surface area contributed by atoms with Crippen LogP contribution in [0.4, 0.5) is 4.39 Å². The van der Waals surface area contributed by atoms with Gasteiger partial charge in [-0.2, -0.15) is 0 Å². The molecule has 20 heavy (non-hydrogen) atoms. The molecule has 0 heterocycles. The summed E-state index contributed by atoms with van der Waals surface area (Å²) in [6.45, 7) is 1.66. The van der Waals surface area contributed by atoms with Crippen molar-refractivity contribution in [1.29, 1.82) is 0 Å². The lowest BCUT2D eigenvalue weighted by Gasteiger charge is -2.18. The van der Waals surface area contributed by atoms with Gasteiger partial charge in [-0.25, -0.2) is 4.39 Å². The first-order chi connectivity index (χ1) is 9.43. The lowest BCUT2D eigenvalue weighted by molar-refractivity contribution is 0.408. The molecule has 106 valence electrons. The Morgan fingerprint density at radius 2 is 1.85 bits per heavy atom. The highest BCUT2D eigenvalue weighted by Gasteiger charge is 2.18. The largest absolute Gasteiger partial charge is 0.496 e. The van der Waals surface area contributed by atoms with Crippen LogP contribution < -0.4 is 10.5 Å². The number of benzene rings is 2. The highest BCUT2D eigenvalue weighted by atomic mass is 35.5. The SMILES string of the molecule is COc1ccc(Cl)cc1C(N)c1cc(C)c(F)cc1Cl. The molecule has 2 aromatic rings. The number of ether oxygens (including phenoxy) is 1. The summed E-state index contributed by atoms with van der Waals surface area (Å²) in [6, 6.07) is 7.54. The molecule has 0 bridgehead atoms. The van der Waals surface area contributed by atoms with Crippen molar-refractivity contribution in [3.05, 3.63) is 62.9 Å². The molecule has 0 amide bonds. The number of rotatable bonds is 3. The molecule has 0 spiro atoms. The minimum Gasteiger partial charge on any atom is -0.496 e. The highest BCUT2D eigenvalue weighted by molar-refractivity contribution is 6.31. The van der Waals surface area contributed by atoms with E-state index in [1.54, 1.807) is 38.3 Å². The Morgan fingerprint density at radius 1 is 1.15 bits per heavy atom. The Bertz CT molecular complexity index is 646. The molecular weight excluding hydrogens is 300 g/mol. The monoisotopic (exact) mass is 313 g/mol. The van der Waals surface area contributed by atoms with E-state index >= 15 is 0 Å². The molecule has 2 nitrogen and oxygen atoms in total. The van der Waals surface area contributed by atoms with Crippen molar-refractivity contribution in [2.45, 2.75) is 13.0 Å². The van der Waals surface area contributed by atoms with Gasteiger partial charge in [0.1, 0.15) is 11.6 Å². The fourth-order valence-electron chi connectivity index (χ4n) is 2.03. The lowest BCUT2D eigenvalue weighted by Crippen LogP contribution is -2.14. The highest BCUT2D eigenvalue weighted by Crippen LogP contribution is 2.34. The van der Waals surface area contributed by atoms with Gasteiger partial charge in [-0.15, -0.1) is 0 Å². The predicted octanol–water partition coefficient (Wildman–Crippen LogP) is 4.50. The molecule has 0 aliphatic carbocycles. The van der Waals surface area contributed by atoms with Crippen molar-refractivity contribution in [1.82, 2.24) is 0 Å². The van der Waals surface area contributed by atoms with Gasteiger partial charge in [0, 0.05) is 15.6 Å². The van der Waals surface area contributed by atoms with Crippen molar-refractivity contribution in [2.24, 2.45) is 5.73 Å². The summed E-state index contributed by atoms with van der Waals surface area (Å²) in [5.41, 5.74) is 8.06. The van der Waals surface area contributed by atoms with Gasteiger partial charge in [-0.05, 0) is 48.4 Å². The topological polar surface area (TPSA) is 35.2 Å². The third-order valence-corrected chi connectivity index (χ3v) is 3.70. The van der Waals surface area contributed by atoms with E-state index in [9.17, 15) is 4.39 Å². The molecule has 2 aromatic carbocycles. The smallest absolute Gasteiger partial charge is 0.127 e. The quantitative estimate of drug-likeness (QED) is 0.905. The fraction of sp³-hybridized carbons (Fsp3) is 0.200. The van der Waals surface area contributed by atoms with Crippen LogP contribution in [0.3, 0.4) is 0 Å². The van der Waals surface area contributed by atoms with Crippen LogP contribution in [0.15, 0.2) is 30.3 Å². The molecule has 5 heteroatoms. The van der Waals surface area contributed by atoms with Gasteiger partial charge < -0.3 is 10.5 Å². The van der Waals surface area contributed by atoms with Crippen LogP contribution in [0, 0.1) is 12.7 Å². The molecule has 2 rings (SSSR count). The van der Waals surface area contributed by atoms with Crippen LogP contribution in [0.2, 0.25) is 10.0 Å². The molecule has 0 aliphatic heterocycles. The number of nitrogens with two attached hydrogens (primary N) is 1. The van der Waals surface area contributed by atoms with E-state index in [-0.39, 0.29) is 10.8 Å². The lowest BCUT2D eigenvalue weighted by atomic mass is 9.97. The summed E-state index contributed by atoms with van der Waals surface area (Å²) in [5, 5.41) is 0.828. The zero-order chi connectivity index (χ0) is 14.9. The van der Waals surface area contributed by atoms with Crippen LogP contribution in [0.1, 0.15) is 22.7 Å². The van der Waals surface area contributed by atoms with E-state index in [1.165, 1.54) is 6.07 Å². The van der Waals surface area contributed by atoms with E-state index in [4.69, 9.17) is 33.7 Å². The molecular formula is C15H14Cl2FNO. The van der Waals surface area contributed by atoms with Crippen molar-refractivity contribution >= 4 is 23.2 Å². The average Bonchev–Trinajstić information content (AvgIpc) is 2.42. The Kier molecular flexibility index (Phi) is 4.53. The second-order valence-corrected chi connectivity index (χ2v) is 5.33. The molecule has 2 N–H and O–H groups in total. The number of methoxy groups -OCH3 is 1. The first-order valence-corrected chi connectivity index (χ1v) is 6.74. The van der Waals surface area contributed by atoms with Crippen molar-refractivity contribution in [2.75, 3.05) is 7.11 Å². The molecule has 0 aromatic heterocycles. The third kappa shape index (κ3) is 2.90. The first-order valence-electron chi connectivity index (χ1n) is 5.98. The number of hydrogen-bond acceptors (Lipinski definition) is 2. The average molecular weight is 314 g/mol. The third-order valence-electron chi connectivity index (χ3n) is 3.14. The van der Waals surface area contributed by atoms with Crippen molar-refractivity contribution in [3.63, 3.8) is 0 Å². The zero-order valence-electron chi connectivity index (χ0n) is 11.1. The van der Waals surface area contributed by atoms with Gasteiger partial charge >= 0.3 is 0 Å². The maximum Gasteiger partial charge on any atom is 0.127 e. The van der Waals surface area contributed by atoms with Gasteiger partial charge in [-0.3, -0.25) is 0 Å². The number of aryl methyl sites for hydroxylation is 1. The van der Waals surface area contributed by atoms with E-state index in [2.05, 4.69) is 0 Å². The van der Waals surface area contributed by atoms with Gasteiger partial charge in [0.15, 0.2) is 0 Å². The summed E-state index contributed by atoms with van der Waals surface area (Å²) in [6.07, 6.45) is 0. The molecule has 0 fully saturated rings. The second-order valence-electron chi connectivity index (χ2n) is 4.49. The molecule has 0 saturated carbocycles. The Balaban J connectivity index is 2.54. The predicted molar refractivity (Wildman–Crippen MR) is 80.2 cm³/mol. The van der Waals surface area contributed by atoms with E-state index in [0.717, 1.165) is 0 Å². The summed E-state index contributed by atoms with van der Waals surface area (Å²) >= 11 is 12.1. The molecule has 0 radical (unpaired) electrons. The standard InChI is InChI=1S/C15H14Cl2FNO/c1-8-5-10(12(17)7-13(8)18)15(19)11-6-9(16)3-4-14(11)20-2/h3-7,15H,19H2,1-2H3. The normalized spacial score (nSPS) is 12.3. The molecule has 0 aliphatic rings. The summed E-state index contributed by atoms with van der Waals surface area (Å²) in [5.74, 6) is 0.254. The van der Waals surface area contributed by atoms with E-state index in [0.29, 0.717) is 27.5 Å². The van der Waals surface area contributed by atoms with Crippen LogP contribution in [-0.4, -0.2) is 7.11 Å². The van der Waals surface area contributed by atoms with Crippen molar-refractivity contribution in [3.8, 4) is 5.75 Å². The van der Waals surface area contributed by atoms with E-state index < -0.39 is 6.04 Å². The van der Waals surface area contributed by atoms with Crippen LogP contribution in [0.25, 0.3) is 0 Å². The van der Waals surface area contributed by atoms with Crippen LogP contribution in [-0.2, 0) is 0 Å². The number of halogens is 3. The van der Waals surface area contributed by atoms with Gasteiger partial charge in [0.05, 0.1) is 13.2 Å². The summed E-state index contributed by atoms with van der Waals surface area (Å²) in [4.78, 5) is 0. The fourth-order valence-corrected chi connectivity index (χ4v) is 2.48. The zero-order valence-corrected chi connectivity index (χ0v) is 12.6. The van der Waals surface area contributed by atoms with Gasteiger partial charge in [0.2, 0.25) is 0 Å². The van der Waals surface area contributed by atoms with E-state index in [1.807, 2.05) is 0 Å². The summed E-state index contributed by atoms with van der Waals surface area (Å²) < 4.78 is 18.7. The van der Waals surface area contributed by atoms with Gasteiger partial charge in [0.25, 0.3) is 0 Å². The minimum atomic E-state index is -0.546. The van der Waals surface area contributed by atoms with Gasteiger partial charge in [-0.1, -0.05) is 23.2 Å². The van der Waals surface area contributed by atoms with Crippen molar-refractivity contribution < 1.29 is 9.13 Å². The Morgan fingerprint density at radius 3 is 2.50 bits per heavy atom. The van der Waals surface area contributed by atoms with Crippen LogP contribution >= 0.6 is 23.2 Å².